The van der Waals surface area contributed by atoms with Crippen molar-refractivity contribution in [3.05, 3.63) is 82.1 Å². The Labute approximate surface area is 154 Å². The molecule has 0 aliphatic heterocycles. The van der Waals surface area contributed by atoms with Crippen LogP contribution >= 0.6 is 23.4 Å². The van der Waals surface area contributed by atoms with Crippen LogP contribution in [0.15, 0.2) is 71.1 Å². The van der Waals surface area contributed by atoms with Crippen LogP contribution in [0.5, 0.6) is 0 Å². The number of hydrogen-bond donors (Lipinski definition) is 0. The zero-order valence-electron chi connectivity index (χ0n) is 13.3. The number of hydrogen-bond acceptors (Lipinski definition) is 4. The smallest absolute Gasteiger partial charge is 0.262 e. The molecule has 0 unspecified atom stereocenters. The summed E-state index contributed by atoms with van der Waals surface area (Å²) >= 11 is 7.29. The van der Waals surface area contributed by atoms with Gasteiger partial charge in [0, 0.05) is 12.1 Å². The van der Waals surface area contributed by atoms with E-state index >= 15 is 0 Å². The van der Waals surface area contributed by atoms with Crippen molar-refractivity contribution in [3.8, 4) is 0 Å². The summed E-state index contributed by atoms with van der Waals surface area (Å²) in [6, 6.07) is 14.1. The molecular weight excluding hydrogens is 356 g/mol. The molecule has 0 aliphatic rings. The van der Waals surface area contributed by atoms with Gasteiger partial charge in [0.05, 0.1) is 21.7 Å². The Morgan fingerprint density at radius 3 is 2.68 bits per heavy atom. The Morgan fingerprint density at radius 1 is 1.20 bits per heavy atom. The molecule has 0 aliphatic carbocycles. The van der Waals surface area contributed by atoms with Gasteiger partial charge in [0.15, 0.2) is 10.9 Å². The fraction of sp³-hybridized carbons (Fsp3) is 0.105. The summed E-state index contributed by atoms with van der Waals surface area (Å²) in [6.45, 7) is 4.02. The van der Waals surface area contributed by atoms with Crippen molar-refractivity contribution >= 4 is 40.0 Å². The average Bonchev–Trinajstić information content (AvgIpc) is 2.63. The summed E-state index contributed by atoms with van der Waals surface area (Å²) in [6.07, 6.45) is 1.64. The third kappa shape index (κ3) is 3.67. The Balaban J connectivity index is 1.94. The first-order chi connectivity index (χ1) is 12.1. The van der Waals surface area contributed by atoms with Crippen molar-refractivity contribution in [2.75, 3.05) is 5.75 Å². The molecule has 3 aromatic rings. The van der Waals surface area contributed by atoms with E-state index in [0.29, 0.717) is 33.2 Å². The van der Waals surface area contributed by atoms with Crippen molar-refractivity contribution in [2.45, 2.75) is 11.7 Å². The van der Waals surface area contributed by atoms with E-state index in [0.717, 1.165) is 0 Å². The summed E-state index contributed by atoms with van der Waals surface area (Å²) in [7, 11) is 0. The highest BCUT2D eigenvalue weighted by Gasteiger charge is 2.14. The molecule has 25 heavy (non-hydrogen) atoms. The molecule has 4 nitrogen and oxygen atoms in total. The highest BCUT2D eigenvalue weighted by molar-refractivity contribution is 7.99. The SMILES string of the molecule is C=CCn1c(SCC(=O)c2ccccc2Cl)nc2ccccc2c1=O. The zero-order valence-corrected chi connectivity index (χ0v) is 14.9. The van der Waals surface area contributed by atoms with E-state index in [1.54, 1.807) is 48.5 Å². The summed E-state index contributed by atoms with van der Waals surface area (Å²) in [5.74, 6) is 0.0363. The van der Waals surface area contributed by atoms with Crippen molar-refractivity contribution in [3.63, 3.8) is 0 Å². The molecule has 0 N–H and O–H groups in total. The number of benzene rings is 2. The number of nitrogens with zero attached hydrogens (tertiary/aromatic N) is 2. The molecule has 0 bridgehead atoms. The normalized spacial score (nSPS) is 10.8. The molecule has 2 aromatic carbocycles. The molecule has 0 fully saturated rings. The fourth-order valence-corrected chi connectivity index (χ4v) is 3.58. The fourth-order valence-electron chi connectivity index (χ4n) is 2.44. The minimum Gasteiger partial charge on any atom is -0.293 e. The van der Waals surface area contributed by atoms with Crippen LogP contribution in [0.1, 0.15) is 10.4 Å². The highest BCUT2D eigenvalue weighted by atomic mass is 35.5. The van der Waals surface area contributed by atoms with Crippen LogP contribution in [-0.4, -0.2) is 21.1 Å². The number of thioether (sulfide) groups is 1. The van der Waals surface area contributed by atoms with Crippen LogP contribution in [0.2, 0.25) is 5.02 Å². The third-order valence-electron chi connectivity index (χ3n) is 3.64. The second-order valence-corrected chi connectivity index (χ2v) is 6.66. The minimum atomic E-state index is -0.141. The van der Waals surface area contributed by atoms with E-state index in [1.165, 1.54) is 16.3 Å². The van der Waals surface area contributed by atoms with Crippen LogP contribution in [0, 0.1) is 0 Å². The summed E-state index contributed by atoms with van der Waals surface area (Å²) in [5, 5.41) is 1.46. The highest BCUT2D eigenvalue weighted by Crippen LogP contribution is 2.22. The Bertz CT molecular complexity index is 1010. The first-order valence-electron chi connectivity index (χ1n) is 7.63. The van der Waals surface area contributed by atoms with Crippen LogP contribution in [-0.2, 0) is 6.54 Å². The second kappa shape index (κ2) is 7.68. The van der Waals surface area contributed by atoms with Crippen molar-refractivity contribution < 1.29 is 4.79 Å². The molecular formula is C19H15ClN2O2S. The number of para-hydroxylation sites is 1. The number of allylic oxidation sites excluding steroid dienone is 1. The largest absolute Gasteiger partial charge is 0.293 e. The van der Waals surface area contributed by atoms with Crippen LogP contribution in [0.4, 0.5) is 0 Å². The van der Waals surface area contributed by atoms with Gasteiger partial charge < -0.3 is 0 Å². The molecule has 0 saturated heterocycles. The number of rotatable bonds is 6. The molecule has 1 heterocycles. The zero-order chi connectivity index (χ0) is 17.8. The predicted octanol–water partition coefficient (Wildman–Crippen LogP) is 4.21. The van der Waals surface area contributed by atoms with Crippen molar-refractivity contribution in [2.24, 2.45) is 0 Å². The molecule has 3 rings (SSSR count). The van der Waals surface area contributed by atoms with Crippen LogP contribution < -0.4 is 5.56 Å². The second-order valence-electron chi connectivity index (χ2n) is 5.31. The minimum absolute atomic E-state index is 0.108. The number of carbonyl (C=O) groups is 1. The van der Waals surface area contributed by atoms with Gasteiger partial charge in [-0.05, 0) is 24.3 Å². The van der Waals surface area contributed by atoms with Gasteiger partial charge in [0.2, 0.25) is 0 Å². The number of ketones is 1. The van der Waals surface area contributed by atoms with Crippen molar-refractivity contribution in [1.82, 2.24) is 9.55 Å². The van der Waals surface area contributed by atoms with Crippen molar-refractivity contribution in [1.29, 1.82) is 0 Å². The van der Waals surface area contributed by atoms with E-state index in [1.807, 2.05) is 6.07 Å². The Morgan fingerprint density at radius 2 is 1.92 bits per heavy atom. The molecule has 0 saturated carbocycles. The number of aromatic nitrogens is 2. The van der Waals surface area contributed by atoms with Gasteiger partial charge in [-0.1, -0.05) is 53.7 Å². The molecule has 126 valence electrons. The lowest BCUT2D eigenvalue weighted by molar-refractivity contribution is 0.102. The van der Waals surface area contributed by atoms with Gasteiger partial charge in [-0.25, -0.2) is 4.98 Å². The van der Waals surface area contributed by atoms with Gasteiger partial charge in [-0.15, -0.1) is 6.58 Å². The topological polar surface area (TPSA) is 52.0 Å². The molecule has 1 aromatic heterocycles. The first-order valence-corrected chi connectivity index (χ1v) is 8.99. The van der Waals surface area contributed by atoms with E-state index < -0.39 is 0 Å². The standard InChI is InChI=1S/C19H15ClN2O2S/c1-2-11-22-18(24)14-8-4-6-10-16(14)21-19(22)25-12-17(23)13-7-3-5-9-15(13)20/h2-10H,1,11-12H2. The van der Waals surface area contributed by atoms with Gasteiger partial charge in [0.25, 0.3) is 5.56 Å². The molecule has 6 heteroatoms. The number of halogens is 1. The van der Waals surface area contributed by atoms with Crippen LogP contribution in [0.25, 0.3) is 10.9 Å². The maximum atomic E-state index is 12.7. The predicted molar refractivity (Wildman–Crippen MR) is 103 cm³/mol. The van der Waals surface area contributed by atoms with E-state index in [4.69, 9.17) is 11.6 Å². The lowest BCUT2D eigenvalue weighted by atomic mass is 10.1. The van der Waals surface area contributed by atoms with E-state index in [-0.39, 0.29) is 17.1 Å². The lowest BCUT2D eigenvalue weighted by Gasteiger charge is -2.11. The number of fused-ring (bicyclic) bond motifs is 1. The monoisotopic (exact) mass is 370 g/mol. The number of Topliss-reactive ketones (excluding diaryl/α,β-unsaturated/α-hetero) is 1. The molecule has 0 amide bonds. The number of carbonyl (C=O) groups excluding carboxylic acids is 1. The van der Waals surface area contributed by atoms with Gasteiger partial charge in [-0.2, -0.15) is 0 Å². The van der Waals surface area contributed by atoms with Gasteiger partial charge in [-0.3, -0.25) is 14.2 Å². The molecule has 0 spiro atoms. The maximum absolute atomic E-state index is 12.7. The Kier molecular flexibility index (Phi) is 5.36. The summed E-state index contributed by atoms with van der Waals surface area (Å²) in [5.41, 5.74) is 0.939. The van der Waals surface area contributed by atoms with Crippen LogP contribution in [0.3, 0.4) is 0 Å². The average molecular weight is 371 g/mol. The van der Waals surface area contributed by atoms with E-state index in [9.17, 15) is 9.59 Å². The maximum Gasteiger partial charge on any atom is 0.262 e. The quantitative estimate of drug-likeness (QED) is 0.282. The summed E-state index contributed by atoms with van der Waals surface area (Å²) in [4.78, 5) is 29.6. The van der Waals surface area contributed by atoms with Gasteiger partial charge in [0.1, 0.15) is 0 Å². The molecule has 0 atom stereocenters. The van der Waals surface area contributed by atoms with Gasteiger partial charge >= 0.3 is 0 Å². The third-order valence-corrected chi connectivity index (χ3v) is 4.95. The Hall–Kier alpha value is -2.37. The summed E-state index contributed by atoms with van der Waals surface area (Å²) < 4.78 is 1.53. The molecule has 0 radical (unpaired) electrons. The van der Waals surface area contributed by atoms with E-state index in [2.05, 4.69) is 11.6 Å². The first kappa shape index (κ1) is 17.5. The lowest BCUT2D eigenvalue weighted by Crippen LogP contribution is -2.23.